The zero-order chi connectivity index (χ0) is 25.7. The van der Waals surface area contributed by atoms with E-state index in [1.807, 2.05) is 30.3 Å². The van der Waals surface area contributed by atoms with Gasteiger partial charge in [0.05, 0.1) is 12.7 Å². The Morgan fingerprint density at radius 3 is 2.65 bits per heavy atom. The van der Waals surface area contributed by atoms with Crippen molar-refractivity contribution in [3.05, 3.63) is 54.1 Å². The summed E-state index contributed by atoms with van der Waals surface area (Å²) in [5.41, 5.74) is 1.43. The SMILES string of the molecule is CN1C(=O)C[C@@H](C(=O)N[C@H](Cc2cnc[nH]2)C(=O)N2CCC[C@@H]2C(=O)OCc2ccccc2)NC1=O.Cl. The Hall–Kier alpha value is -3.93. The van der Waals surface area contributed by atoms with Gasteiger partial charge in [-0.2, -0.15) is 0 Å². The topological polar surface area (TPSA) is 154 Å². The summed E-state index contributed by atoms with van der Waals surface area (Å²) in [4.78, 5) is 72.5. The molecule has 3 heterocycles. The van der Waals surface area contributed by atoms with Crippen molar-refractivity contribution in [1.29, 1.82) is 0 Å². The van der Waals surface area contributed by atoms with Gasteiger partial charge in [0.1, 0.15) is 24.7 Å². The molecule has 0 bridgehead atoms. The van der Waals surface area contributed by atoms with Crippen LogP contribution >= 0.6 is 12.4 Å². The third-order valence-corrected chi connectivity index (χ3v) is 6.30. The first-order chi connectivity index (χ1) is 17.3. The molecule has 3 atom stereocenters. The van der Waals surface area contributed by atoms with E-state index >= 15 is 0 Å². The molecule has 0 saturated carbocycles. The lowest BCUT2D eigenvalue weighted by atomic mass is 10.1. The van der Waals surface area contributed by atoms with Crippen LogP contribution in [0.4, 0.5) is 4.79 Å². The van der Waals surface area contributed by atoms with E-state index in [-0.39, 0.29) is 31.9 Å². The lowest BCUT2D eigenvalue weighted by Crippen LogP contribution is -2.61. The summed E-state index contributed by atoms with van der Waals surface area (Å²) in [6.45, 7) is 0.430. The summed E-state index contributed by atoms with van der Waals surface area (Å²) >= 11 is 0. The van der Waals surface area contributed by atoms with Crippen molar-refractivity contribution < 1.29 is 28.7 Å². The molecule has 2 fully saturated rings. The summed E-state index contributed by atoms with van der Waals surface area (Å²) in [6, 6.07) is 5.62. The standard InChI is InChI=1S/C24H28N6O6.ClH/c1-29-20(31)11-17(28-24(29)35)21(32)27-18(10-16-12-25-14-26-16)22(33)30-9-5-8-19(30)23(34)36-13-15-6-3-2-4-7-15;/h2-4,6-7,12,14,17-19H,5,8-11,13H2,1H3,(H,25,26)(H,27,32)(H,28,35);1H/t17-,18+,19+;/m0./s1. The molecule has 2 aromatic rings. The number of halogens is 1. The predicted octanol–water partition coefficient (Wildman–Crippen LogP) is 0.534. The maximum atomic E-state index is 13.6. The number of esters is 1. The Labute approximate surface area is 219 Å². The van der Waals surface area contributed by atoms with Crippen LogP contribution in [-0.4, -0.2) is 81.2 Å². The van der Waals surface area contributed by atoms with Crippen molar-refractivity contribution in [2.75, 3.05) is 13.6 Å². The van der Waals surface area contributed by atoms with E-state index < -0.39 is 47.8 Å². The number of ether oxygens (including phenoxy) is 1. The molecule has 198 valence electrons. The predicted molar refractivity (Wildman–Crippen MR) is 132 cm³/mol. The van der Waals surface area contributed by atoms with Crippen molar-refractivity contribution in [2.45, 2.75) is 50.4 Å². The Morgan fingerprint density at radius 1 is 1.22 bits per heavy atom. The number of nitrogens with one attached hydrogen (secondary N) is 3. The molecule has 2 saturated heterocycles. The molecule has 5 amide bonds. The Bertz CT molecular complexity index is 1110. The van der Waals surface area contributed by atoms with Crippen molar-refractivity contribution >= 4 is 42.1 Å². The van der Waals surface area contributed by atoms with E-state index in [9.17, 15) is 24.0 Å². The molecule has 2 aliphatic rings. The van der Waals surface area contributed by atoms with Gasteiger partial charge in [-0.3, -0.25) is 19.3 Å². The van der Waals surface area contributed by atoms with E-state index in [2.05, 4.69) is 20.6 Å². The van der Waals surface area contributed by atoms with Crippen LogP contribution in [0.2, 0.25) is 0 Å². The second kappa shape index (κ2) is 12.3. The van der Waals surface area contributed by atoms with E-state index in [0.29, 0.717) is 25.1 Å². The second-order valence-electron chi connectivity index (χ2n) is 8.78. The Morgan fingerprint density at radius 2 is 1.97 bits per heavy atom. The van der Waals surface area contributed by atoms with Gasteiger partial charge in [-0.15, -0.1) is 12.4 Å². The number of rotatable bonds is 8. The highest BCUT2D eigenvalue weighted by atomic mass is 35.5. The van der Waals surface area contributed by atoms with Crippen LogP contribution < -0.4 is 10.6 Å². The molecular formula is C24H29ClN6O6. The average molecular weight is 533 g/mol. The monoisotopic (exact) mass is 532 g/mol. The van der Waals surface area contributed by atoms with Gasteiger partial charge in [0.2, 0.25) is 17.7 Å². The van der Waals surface area contributed by atoms with E-state index in [1.54, 1.807) is 0 Å². The lowest BCUT2D eigenvalue weighted by molar-refractivity contribution is -0.155. The second-order valence-corrected chi connectivity index (χ2v) is 8.78. The van der Waals surface area contributed by atoms with Crippen LogP contribution in [0.3, 0.4) is 0 Å². The summed E-state index contributed by atoms with van der Waals surface area (Å²) in [7, 11) is 1.32. The quantitative estimate of drug-likeness (QED) is 0.419. The molecule has 0 radical (unpaired) electrons. The maximum absolute atomic E-state index is 13.6. The minimum atomic E-state index is -1.11. The van der Waals surface area contributed by atoms with Crippen molar-refractivity contribution in [1.82, 2.24) is 30.4 Å². The molecule has 0 unspecified atom stereocenters. The number of imide groups is 1. The van der Waals surface area contributed by atoms with E-state index in [4.69, 9.17) is 4.74 Å². The van der Waals surface area contributed by atoms with Gasteiger partial charge in [-0.1, -0.05) is 30.3 Å². The number of aromatic amines is 1. The van der Waals surface area contributed by atoms with Crippen molar-refractivity contribution in [3.63, 3.8) is 0 Å². The minimum Gasteiger partial charge on any atom is -0.459 e. The molecule has 12 nitrogen and oxygen atoms in total. The number of H-pyrrole nitrogens is 1. The summed E-state index contributed by atoms with van der Waals surface area (Å²) in [5.74, 6) is -2.13. The molecule has 4 rings (SSSR count). The minimum absolute atomic E-state index is 0. The number of nitrogens with zero attached hydrogens (tertiary/aromatic N) is 3. The highest BCUT2D eigenvalue weighted by Gasteiger charge is 2.40. The van der Waals surface area contributed by atoms with Crippen LogP contribution in [0, 0.1) is 0 Å². The summed E-state index contributed by atoms with van der Waals surface area (Å²) in [5, 5.41) is 5.12. The molecular weight excluding hydrogens is 504 g/mol. The summed E-state index contributed by atoms with van der Waals surface area (Å²) < 4.78 is 5.46. The highest BCUT2D eigenvalue weighted by molar-refractivity contribution is 6.03. The number of hydrogen-bond donors (Lipinski definition) is 3. The van der Waals surface area contributed by atoms with Crippen LogP contribution in [0.5, 0.6) is 0 Å². The number of amides is 5. The highest BCUT2D eigenvalue weighted by Crippen LogP contribution is 2.21. The number of likely N-dealkylation sites (tertiary alicyclic amines) is 1. The molecule has 0 aliphatic carbocycles. The fraction of sp³-hybridized carbons (Fsp3) is 0.417. The van der Waals surface area contributed by atoms with Crippen molar-refractivity contribution in [3.8, 4) is 0 Å². The number of hydrogen-bond acceptors (Lipinski definition) is 7. The van der Waals surface area contributed by atoms with E-state index in [1.165, 1.54) is 24.5 Å². The Kier molecular flexibility index (Phi) is 9.23. The fourth-order valence-corrected chi connectivity index (χ4v) is 4.27. The smallest absolute Gasteiger partial charge is 0.329 e. The molecule has 1 aromatic heterocycles. The number of imidazole rings is 1. The van der Waals surface area contributed by atoms with Gasteiger partial charge < -0.3 is 25.3 Å². The molecule has 37 heavy (non-hydrogen) atoms. The van der Waals surface area contributed by atoms with Gasteiger partial charge >= 0.3 is 12.0 Å². The average Bonchev–Trinajstić information content (AvgIpc) is 3.57. The first-order valence-electron chi connectivity index (χ1n) is 11.7. The zero-order valence-corrected chi connectivity index (χ0v) is 21.0. The third kappa shape index (κ3) is 6.64. The first kappa shape index (κ1) is 27.7. The van der Waals surface area contributed by atoms with Crippen molar-refractivity contribution in [2.24, 2.45) is 0 Å². The zero-order valence-electron chi connectivity index (χ0n) is 20.2. The molecule has 1 aromatic carbocycles. The van der Waals surface area contributed by atoms with Gasteiger partial charge in [-0.25, -0.2) is 14.6 Å². The first-order valence-corrected chi connectivity index (χ1v) is 11.7. The number of urea groups is 1. The van der Waals surface area contributed by atoms with Gasteiger partial charge in [0, 0.05) is 31.9 Å². The van der Waals surface area contributed by atoms with E-state index in [0.717, 1.165) is 10.5 Å². The van der Waals surface area contributed by atoms with Gasteiger partial charge in [0.15, 0.2) is 0 Å². The molecule has 0 spiro atoms. The van der Waals surface area contributed by atoms with Crippen LogP contribution in [-0.2, 0) is 36.9 Å². The largest absolute Gasteiger partial charge is 0.459 e. The third-order valence-electron chi connectivity index (χ3n) is 6.30. The Balaban J connectivity index is 0.00000380. The molecule has 3 N–H and O–H groups in total. The van der Waals surface area contributed by atoms with Crippen LogP contribution in [0.1, 0.15) is 30.5 Å². The molecule has 2 aliphatic heterocycles. The van der Waals surface area contributed by atoms with Gasteiger partial charge in [-0.05, 0) is 18.4 Å². The number of aromatic nitrogens is 2. The molecule has 13 heteroatoms. The normalized spacial score (nSPS) is 20.0. The van der Waals surface area contributed by atoms with Gasteiger partial charge in [0.25, 0.3) is 0 Å². The fourth-order valence-electron chi connectivity index (χ4n) is 4.27. The summed E-state index contributed by atoms with van der Waals surface area (Å²) in [6.07, 6.45) is 3.90. The maximum Gasteiger partial charge on any atom is 0.329 e. The number of benzene rings is 1. The number of carbonyl (C=O) groups excluding carboxylic acids is 5. The number of carbonyl (C=O) groups is 5. The lowest BCUT2D eigenvalue weighted by Gasteiger charge is -2.31. The van der Waals surface area contributed by atoms with Crippen LogP contribution in [0.25, 0.3) is 0 Å². The van der Waals surface area contributed by atoms with Crippen LogP contribution in [0.15, 0.2) is 42.9 Å².